The number of carbonyl (C=O) groups is 1. The van der Waals surface area contributed by atoms with Crippen LogP contribution in [0.5, 0.6) is 0 Å². The molecule has 0 saturated heterocycles. The van der Waals surface area contributed by atoms with Crippen LogP contribution < -0.4 is 0 Å². The first-order valence-electron chi connectivity index (χ1n) is 4.68. The molecule has 1 aromatic heterocycles. The van der Waals surface area contributed by atoms with E-state index < -0.39 is 0 Å². The number of ether oxygens (including phenoxy) is 1. The minimum absolute atomic E-state index is 0.103. The summed E-state index contributed by atoms with van der Waals surface area (Å²) in [7, 11) is 0. The fourth-order valence-electron chi connectivity index (χ4n) is 1.23. The third kappa shape index (κ3) is 3.06. The number of nitriles is 1. The highest BCUT2D eigenvalue weighted by Gasteiger charge is 2.09. The summed E-state index contributed by atoms with van der Waals surface area (Å²) < 4.78 is 4.81. The van der Waals surface area contributed by atoms with E-state index in [0.717, 1.165) is 5.56 Å². The van der Waals surface area contributed by atoms with Gasteiger partial charge in [-0.1, -0.05) is 6.07 Å². The van der Waals surface area contributed by atoms with Crippen LogP contribution in [0.15, 0.2) is 12.3 Å². The molecular formula is C11H12N2O2. The predicted molar refractivity (Wildman–Crippen MR) is 54.0 cm³/mol. The molecule has 15 heavy (non-hydrogen) atoms. The second-order valence-corrected chi connectivity index (χ2v) is 3.11. The molecule has 4 heteroatoms. The Kier molecular flexibility index (Phi) is 3.81. The van der Waals surface area contributed by atoms with Gasteiger partial charge in [-0.05, 0) is 25.0 Å². The Morgan fingerprint density at radius 1 is 1.67 bits per heavy atom. The topological polar surface area (TPSA) is 63.0 Å². The number of carbonyl (C=O) groups excluding carboxylic acids is 1. The van der Waals surface area contributed by atoms with Crippen molar-refractivity contribution >= 4 is 5.97 Å². The molecular weight excluding hydrogens is 192 g/mol. The van der Waals surface area contributed by atoms with Gasteiger partial charge in [-0.25, -0.2) is 4.98 Å². The monoisotopic (exact) mass is 204 g/mol. The normalized spacial score (nSPS) is 9.40. The quantitative estimate of drug-likeness (QED) is 0.697. The molecule has 4 nitrogen and oxygen atoms in total. The molecule has 0 bridgehead atoms. The summed E-state index contributed by atoms with van der Waals surface area (Å²) >= 11 is 0. The van der Waals surface area contributed by atoms with Crippen molar-refractivity contribution in [3.05, 3.63) is 29.1 Å². The van der Waals surface area contributed by atoms with E-state index in [2.05, 4.69) is 4.98 Å². The lowest BCUT2D eigenvalue weighted by molar-refractivity contribution is -0.142. The van der Waals surface area contributed by atoms with Gasteiger partial charge in [0, 0.05) is 6.20 Å². The second-order valence-electron chi connectivity index (χ2n) is 3.11. The van der Waals surface area contributed by atoms with Gasteiger partial charge in [0.1, 0.15) is 11.8 Å². The Bertz CT molecular complexity index is 408. The number of hydrogen-bond donors (Lipinski definition) is 0. The molecule has 1 heterocycles. The number of esters is 1. The molecule has 0 aliphatic carbocycles. The third-order valence-electron chi connectivity index (χ3n) is 1.85. The van der Waals surface area contributed by atoms with Crippen molar-refractivity contribution in [1.82, 2.24) is 4.98 Å². The van der Waals surface area contributed by atoms with Crippen LogP contribution in [0.4, 0.5) is 0 Å². The van der Waals surface area contributed by atoms with Gasteiger partial charge in [0.05, 0.1) is 13.0 Å². The highest BCUT2D eigenvalue weighted by Crippen LogP contribution is 2.09. The number of nitrogens with zero attached hydrogens (tertiary/aromatic N) is 2. The van der Waals surface area contributed by atoms with Gasteiger partial charge >= 0.3 is 5.97 Å². The highest BCUT2D eigenvalue weighted by atomic mass is 16.5. The Hall–Kier alpha value is -1.89. The summed E-state index contributed by atoms with van der Waals surface area (Å²) in [4.78, 5) is 15.2. The zero-order valence-corrected chi connectivity index (χ0v) is 8.78. The van der Waals surface area contributed by atoms with Crippen molar-refractivity contribution in [2.75, 3.05) is 6.61 Å². The maximum Gasteiger partial charge on any atom is 0.310 e. The van der Waals surface area contributed by atoms with Crippen LogP contribution in [0, 0.1) is 18.3 Å². The van der Waals surface area contributed by atoms with Crippen molar-refractivity contribution in [2.24, 2.45) is 0 Å². The number of aromatic nitrogens is 1. The maximum absolute atomic E-state index is 11.2. The smallest absolute Gasteiger partial charge is 0.310 e. The maximum atomic E-state index is 11.2. The number of pyridine rings is 1. The molecule has 0 aromatic carbocycles. The van der Waals surface area contributed by atoms with Crippen molar-refractivity contribution < 1.29 is 9.53 Å². The van der Waals surface area contributed by atoms with E-state index in [4.69, 9.17) is 10.00 Å². The molecule has 0 aliphatic rings. The molecule has 0 fully saturated rings. The highest BCUT2D eigenvalue weighted by molar-refractivity contribution is 5.73. The van der Waals surface area contributed by atoms with Gasteiger partial charge in [0.25, 0.3) is 0 Å². The minimum atomic E-state index is -0.332. The Labute approximate surface area is 88.5 Å². The van der Waals surface area contributed by atoms with Crippen LogP contribution in [0.2, 0.25) is 0 Å². The molecule has 1 rings (SSSR count). The van der Waals surface area contributed by atoms with E-state index in [9.17, 15) is 4.79 Å². The number of aryl methyl sites for hydroxylation is 1. The fourth-order valence-corrected chi connectivity index (χ4v) is 1.23. The van der Waals surface area contributed by atoms with Gasteiger partial charge in [-0.15, -0.1) is 0 Å². The van der Waals surface area contributed by atoms with Crippen LogP contribution >= 0.6 is 0 Å². The summed E-state index contributed by atoms with van der Waals surface area (Å²) in [6, 6.07) is 3.73. The fraction of sp³-hybridized carbons (Fsp3) is 0.364. The number of hydrogen-bond acceptors (Lipinski definition) is 4. The molecule has 0 spiro atoms. The first-order valence-corrected chi connectivity index (χ1v) is 4.68. The lowest BCUT2D eigenvalue weighted by atomic mass is 10.1. The van der Waals surface area contributed by atoms with Crippen LogP contribution in [0.3, 0.4) is 0 Å². The summed E-state index contributed by atoms with van der Waals surface area (Å²) in [5.74, 6) is -0.332. The van der Waals surface area contributed by atoms with E-state index in [1.807, 2.05) is 13.0 Å². The van der Waals surface area contributed by atoms with E-state index in [0.29, 0.717) is 12.2 Å². The van der Waals surface area contributed by atoms with Crippen LogP contribution in [0.1, 0.15) is 23.7 Å². The van der Waals surface area contributed by atoms with E-state index in [-0.39, 0.29) is 18.1 Å². The molecule has 0 aliphatic heterocycles. The zero-order valence-electron chi connectivity index (χ0n) is 8.78. The largest absolute Gasteiger partial charge is 0.466 e. The summed E-state index contributed by atoms with van der Waals surface area (Å²) in [6.07, 6.45) is 1.71. The summed E-state index contributed by atoms with van der Waals surface area (Å²) in [5.41, 5.74) is 1.83. The average Bonchev–Trinajstić information content (AvgIpc) is 2.18. The van der Waals surface area contributed by atoms with Crippen molar-refractivity contribution in [2.45, 2.75) is 20.3 Å². The first kappa shape index (κ1) is 11.2. The van der Waals surface area contributed by atoms with Gasteiger partial charge in [-0.2, -0.15) is 5.26 Å². The molecule has 0 N–H and O–H groups in total. The van der Waals surface area contributed by atoms with E-state index >= 15 is 0 Å². The van der Waals surface area contributed by atoms with Crippen LogP contribution in [0.25, 0.3) is 0 Å². The Morgan fingerprint density at radius 3 is 3.00 bits per heavy atom. The van der Waals surface area contributed by atoms with Gasteiger partial charge in [0.2, 0.25) is 0 Å². The van der Waals surface area contributed by atoms with Crippen LogP contribution in [-0.4, -0.2) is 17.6 Å². The average molecular weight is 204 g/mol. The Balaban J connectivity index is 2.88. The molecule has 78 valence electrons. The second kappa shape index (κ2) is 5.11. The number of rotatable bonds is 3. The standard InChI is InChI=1S/C11H12N2O2/c1-3-15-11(14)5-9-4-8(2)7-13-10(9)6-12/h4,7H,3,5H2,1-2H3. The zero-order chi connectivity index (χ0) is 11.3. The SMILES string of the molecule is CCOC(=O)Cc1cc(C)cnc1C#N. The minimum Gasteiger partial charge on any atom is -0.466 e. The lowest BCUT2D eigenvalue weighted by Crippen LogP contribution is -2.09. The van der Waals surface area contributed by atoms with E-state index in [1.165, 1.54) is 0 Å². The Morgan fingerprint density at radius 2 is 2.40 bits per heavy atom. The molecule has 0 radical (unpaired) electrons. The van der Waals surface area contributed by atoms with Crippen molar-refractivity contribution in [3.63, 3.8) is 0 Å². The van der Waals surface area contributed by atoms with E-state index in [1.54, 1.807) is 19.2 Å². The van der Waals surface area contributed by atoms with Gasteiger partial charge in [0.15, 0.2) is 0 Å². The summed E-state index contributed by atoms with van der Waals surface area (Å²) in [6.45, 7) is 3.96. The molecule has 0 unspecified atom stereocenters. The third-order valence-corrected chi connectivity index (χ3v) is 1.85. The first-order chi connectivity index (χ1) is 7.17. The van der Waals surface area contributed by atoms with Gasteiger partial charge in [-0.3, -0.25) is 4.79 Å². The van der Waals surface area contributed by atoms with Crippen molar-refractivity contribution in [1.29, 1.82) is 5.26 Å². The molecule has 1 aromatic rings. The molecule has 0 amide bonds. The lowest BCUT2D eigenvalue weighted by Gasteiger charge is -2.04. The molecule has 0 atom stereocenters. The predicted octanol–water partition coefficient (Wildman–Crippen LogP) is 1.37. The van der Waals surface area contributed by atoms with Gasteiger partial charge < -0.3 is 4.74 Å². The van der Waals surface area contributed by atoms with Crippen molar-refractivity contribution in [3.8, 4) is 6.07 Å². The summed E-state index contributed by atoms with van der Waals surface area (Å²) in [5, 5.41) is 8.79. The molecule has 0 saturated carbocycles. The van der Waals surface area contributed by atoms with Crippen LogP contribution in [-0.2, 0) is 16.0 Å².